The van der Waals surface area contributed by atoms with Crippen molar-refractivity contribution in [3.8, 4) is 11.5 Å². The summed E-state index contributed by atoms with van der Waals surface area (Å²) in [7, 11) is 1.80. The molecule has 0 radical (unpaired) electrons. The molecule has 5 nitrogen and oxygen atoms in total. The molecule has 1 amide bonds. The van der Waals surface area contributed by atoms with Crippen LogP contribution in [-0.2, 0) is 11.4 Å². The predicted molar refractivity (Wildman–Crippen MR) is 132 cm³/mol. The second-order valence-electron chi connectivity index (χ2n) is 6.56. The van der Waals surface area contributed by atoms with Gasteiger partial charge in [0, 0.05) is 24.2 Å². The first-order valence-corrected chi connectivity index (χ1v) is 11.4. The molecule has 2 aromatic carbocycles. The summed E-state index contributed by atoms with van der Waals surface area (Å²) in [5.41, 5.74) is 2.27. The topological polar surface area (TPSA) is 42.0 Å². The Bertz CT molecular complexity index is 1010. The van der Waals surface area contributed by atoms with Crippen LogP contribution in [0.4, 0.5) is 0 Å². The number of thiocarbonyl (C=S) groups is 1. The number of halogens is 2. The molecular weight excluding hydrogens is 535 g/mol. The van der Waals surface area contributed by atoms with E-state index in [2.05, 4.69) is 22.6 Å². The Morgan fingerprint density at radius 1 is 1.20 bits per heavy atom. The Labute approximate surface area is 200 Å². The highest BCUT2D eigenvalue weighted by Gasteiger charge is 2.34. The van der Waals surface area contributed by atoms with Gasteiger partial charge in [-0.25, -0.2) is 0 Å². The Morgan fingerprint density at radius 2 is 1.93 bits per heavy atom. The summed E-state index contributed by atoms with van der Waals surface area (Å²) in [6, 6.07) is 11.4. The lowest BCUT2D eigenvalue weighted by atomic mass is 10.1. The molecule has 2 aromatic rings. The molecule has 1 saturated heterocycles. The summed E-state index contributed by atoms with van der Waals surface area (Å²) in [5, 5.41) is 1.17. The first-order chi connectivity index (χ1) is 14.4. The van der Waals surface area contributed by atoms with Crippen molar-refractivity contribution in [2.24, 2.45) is 0 Å². The van der Waals surface area contributed by atoms with Gasteiger partial charge in [0.25, 0.3) is 5.91 Å². The second kappa shape index (κ2) is 9.98. The maximum atomic E-state index is 12.7. The fourth-order valence-electron chi connectivity index (χ4n) is 3.09. The Morgan fingerprint density at radius 3 is 2.57 bits per heavy atom. The van der Waals surface area contributed by atoms with E-state index >= 15 is 0 Å². The third kappa shape index (κ3) is 4.73. The van der Waals surface area contributed by atoms with Gasteiger partial charge < -0.3 is 14.4 Å². The van der Waals surface area contributed by atoms with Gasteiger partial charge in [0.05, 0.1) is 10.2 Å². The van der Waals surface area contributed by atoms with Crippen molar-refractivity contribution in [3.05, 3.63) is 61.8 Å². The summed E-state index contributed by atoms with van der Waals surface area (Å²) in [6.45, 7) is 5.18. The number of ether oxygens (including phenoxy) is 2. The quantitative estimate of drug-likeness (QED) is 0.262. The highest BCUT2D eigenvalue weighted by Crippen LogP contribution is 2.36. The summed E-state index contributed by atoms with van der Waals surface area (Å²) in [6.07, 6.45) is 1.83. The van der Waals surface area contributed by atoms with Crippen molar-refractivity contribution in [2.45, 2.75) is 20.5 Å². The summed E-state index contributed by atoms with van der Waals surface area (Å²) < 4.78 is 12.8. The number of rotatable bonds is 7. The number of amides is 1. The first kappa shape index (κ1) is 22.8. The zero-order valence-electron chi connectivity index (χ0n) is 16.9. The van der Waals surface area contributed by atoms with Gasteiger partial charge in [-0.15, -0.1) is 0 Å². The lowest BCUT2D eigenvalue weighted by Gasteiger charge is -2.16. The second-order valence-corrected chi connectivity index (χ2v) is 8.50. The van der Waals surface area contributed by atoms with Gasteiger partial charge in [-0.2, -0.15) is 0 Å². The summed E-state index contributed by atoms with van der Waals surface area (Å²) in [4.78, 5) is 16.0. The van der Waals surface area contributed by atoms with Crippen LogP contribution in [0.5, 0.6) is 11.5 Å². The fraction of sp³-hybridized carbons (Fsp3) is 0.273. The molecule has 0 unspecified atom stereocenters. The Kier molecular flexibility index (Phi) is 7.60. The molecule has 30 heavy (non-hydrogen) atoms. The molecule has 0 aromatic heterocycles. The highest BCUT2D eigenvalue weighted by molar-refractivity contribution is 14.1. The standard InChI is InChI=1S/C22H22ClIN2O3S/c1-4-26-21(27)18(25(3)22(26)30)11-14-10-17(24)20(19(12-14)28-5-2)29-13-15-8-6-7-9-16(15)23/h6-12H,4-5,13H2,1-3H3/b18-11-. The van der Waals surface area contributed by atoms with E-state index in [0.29, 0.717) is 47.1 Å². The average Bonchev–Trinajstić information content (AvgIpc) is 2.91. The third-order valence-corrected chi connectivity index (χ3v) is 6.29. The van der Waals surface area contributed by atoms with Crippen LogP contribution >= 0.6 is 46.4 Å². The number of carbonyl (C=O) groups excluding carboxylic acids is 1. The lowest BCUT2D eigenvalue weighted by molar-refractivity contribution is -0.122. The minimum absolute atomic E-state index is 0.1000. The molecule has 1 fully saturated rings. The van der Waals surface area contributed by atoms with E-state index in [1.807, 2.05) is 56.3 Å². The smallest absolute Gasteiger partial charge is 0.276 e. The largest absolute Gasteiger partial charge is 0.490 e. The molecule has 3 rings (SSSR count). The van der Waals surface area contributed by atoms with Crippen LogP contribution in [0.1, 0.15) is 25.0 Å². The number of hydrogen-bond acceptors (Lipinski definition) is 4. The van der Waals surface area contributed by atoms with E-state index in [1.165, 1.54) is 0 Å². The van der Waals surface area contributed by atoms with E-state index in [1.54, 1.807) is 16.8 Å². The van der Waals surface area contributed by atoms with Gasteiger partial charge in [0.1, 0.15) is 12.3 Å². The maximum absolute atomic E-state index is 12.7. The lowest BCUT2D eigenvalue weighted by Crippen LogP contribution is -2.30. The molecular formula is C22H22ClIN2O3S. The zero-order valence-corrected chi connectivity index (χ0v) is 20.7. The van der Waals surface area contributed by atoms with E-state index in [0.717, 1.165) is 14.7 Å². The van der Waals surface area contributed by atoms with Crippen LogP contribution in [0.3, 0.4) is 0 Å². The monoisotopic (exact) mass is 556 g/mol. The molecule has 0 spiro atoms. The van der Waals surface area contributed by atoms with E-state index in [9.17, 15) is 4.79 Å². The Balaban J connectivity index is 1.92. The molecule has 1 aliphatic rings. The number of benzene rings is 2. The molecule has 0 atom stereocenters. The van der Waals surface area contributed by atoms with Crippen molar-refractivity contribution < 1.29 is 14.3 Å². The van der Waals surface area contributed by atoms with Gasteiger partial charge in [0.2, 0.25) is 0 Å². The summed E-state index contributed by atoms with van der Waals surface area (Å²) >= 11 is 13.8. The molecule has 158 valence electrons. The van der Waals surface area contributed by atoms with Crippen LogP contribution in [0.25, 0.3) is 6.08 Å². The number of hydrogen-bond donors (Lipinski definition) is 0. The van der Waals surface area contributed by atoms with Crippen LogP contribution in [-0.4, -0.2) is 41.0 Å². The van der Waals surface area contributed by atoms with E-state index < -0.39 is 0 Å². The van der Waals surface area contributed by atoms with Crippen LogP contribution in [0.2, 0.25) is 5.02 Å². The normalized spacial score (nSPS) is 15.3. The summed E-state index contributed by atoms with van der Waals surface area (Å²) in [5.74, 6) is 1.17. The van der Waals surface area contributed by atoms with E-state index in [4.69, 9.17) is 33.3 Å². The average molecular weight is 557 g/mol. The molecule has 8 heteroatoms. The van der Waals surface area contributed by atoms with Gasteiger partial charge in [-0.3, -0.25) is 9.69 Å². The van der Waals surface area contributed by atoms with Crippen molar-refractivity contribution in [3.63, 3.8) is 0 Å². The number of carbonyl (C=O) groups is 1. The SMILES string of the molecule is CCOc1cc(/C=C2/C(=O)N(CC)C(=S)N2C)cc(I)c1OCc1ccccc1Cl. The maximum Gasteiger partial charge on any atom is 0.276 e. The first-order valence-electron chi connectivity index (χ1n) is 9.51. The number of nitrogens with zero attached hydrogens (tertiary/aromatic N) is 2. The zero-order chi connectivity index (χ0) is 21.8. The molecule has 1 heterocycles. The van der Waals surface area contributed by atoms with Crippen molar-refractivity contribution >= 4 is 63.5 Å². The predicted octanol–water partition coefficient (Wildman–Crippen LogP) is 5.34. The van der Waals surface area contributed by atoms with Crippen molar-refractivity contribution in [1.29, 1.82) is 0 Å². The minimum atomic E-state index is -0.1000. The molecule has 1 aliphatic heterocycles. The van der Waals surface area contributed by atoms with Gasteiger partial charge in [-0.05, 0) is 78.5 Å². The molecule has 0 bridgehead atoms. The van der Waals surface area contributed by atoms with Gasteiger partial charge >= 0.3 is 0 Å². The molecule has 0 N–H and O–H groups in total. The van der Waals surface area contributed by atoms with Crippen molar-refractivity contribution in [1.82, 2.24) is 9.80 Å². The van der Waals surface area contributed by atoms with E-state index in [-0.39, 0.29) is 5.91 Å². The van der Waals surface area contributed by atoms with Crippen LogP contribution < -0.4 is 9.47 Å². The van der Waals surface area contributed by atoms with Crippen LogP contribution in [0.15, 0.2) is 42.1 Å². The van der Waals surface area contributed by atoms with Crippen molar-refractivity contribution in [2.75, 3.05) is 20.2 Å². The molecule has 0 aliphatic carbocycles. The van der Waals surface area contributed by atoms with Gasteiger partial charge in [-0.1, -0.05) is 29.8 Å². The third-order valence-electron chi connectivity index (χ3n) is 4.62. The minimum Gasteiger partial charge on any atom is -0.490 e. The Hall–Kier alpha value is -1.84. The fourth-order valence-corrected chi connectivity index (χ4v) is 4.37. The van der Waals surface area contributed by atoms with Crippen LogP contribution in [0, 0.1) is 3.57 Å². The molecule has 0 saturated carbocycles. The van der Waals surface area contributed by atoms with Gasteiger partial charge in [0.15, 0.2) is 16.6 Å². The number of likely N-dealkylation sites (N-methyl/N-ethyl adjacent to an activating group) is 2. The highest BCUT2D eigenvalue weighted by atomic mass is 127.